The molecule has 0 saturated heterocycles. The maximum absolute atomic E-state index is 13.5. The van der Waals surface area contributed by atoms with Gasteiger partial charge in [-0.15, -0.1) is 0 Å². The number of esters is 1. The lowest BCUT2D eigenvalue weighted by molar-refractivity contribution is 0.0525. The highest BCUT2D eigenvalue weighted by molar-refractivity contribution is 6.16. The van der Waals surface area contributed by atoms with E-state index in [0.29, 0.717) is 28.2 Å². The van der Waals surface area contributed by atoms with E-state index in [-0.39, 0.29) is 12.2 Å². The standard InChI is InChI=1S/C26H22N4O4/c1-4-34-26(32)22-23-21-19(27-15-28-24(21)29(2)25(22)31)14-20(16-8-6-5-7-9-16)30(23)17-10-12-18(33-3)13-11-17/h5-15H,4H2,1-3H3. The van der Waals surface area contributed by atoms with Crippen LogP contribution in [0.15, 0.2) is 65.7 Å². The van der Waals surface area contributed by atoms with Gasteiger partial charge >= 0.3 is 5.97 Å². The number of nitrogens with zero attached hydrogens (tertiary/aromatic N) is 4. The lowest BCUT2D eigenvalue weighted by Crippen LogP contribution is -2.32. The second kappa shape index (κ2) is 8.47. The van der Waals surface area contributed by atoms with Crippen LogP contribution in [-0.2, 0) is 11.8 Å². The van der Waals surface area contributed by atoms with Gasteiger partial charge in [0.1, 0.15) is 23.3 Å². The molecule has 4 aromatic rings. The quantitative estimate of drug-likeness (QED) is 0.419. The van der Waals surface area contributed by atoms with Crippen molar-refractivity contribution in [3.8, 4) is 5.75 Å². The molecule has 0 aliphatic carbocycles. The van der Waals surface area contributed by atoms with Gasteiger partial charge in [-0.3, -0.25) is 9.36 Å². The molecule has 5 rings (SSSR count). The normalized spacial score (nSPS) is 12.4. The van der Waals surface area contributed by atoms with Gasteiger partial charge < -0.3 is 14.4 Å². The van der Waals surface area contributed by atoms with Crippen LogP contribution >= 0.6 is 0 Å². The summed E-state index contributed by atoms with van der Waals surface area (Å²) >= 11 is 0. The van der Waals surface area contributed by atoms with Gasteiger partial charge in [0, 0.05) is 12.7 Å². The van der Waals surface area contributed by atoms with Gasteiger partial charge in [-0.05, 0) is 42.8 Å². The number of hydrogen-bond donors (Lipinski definition) is 0. The molecule has 2 aromatic carbocycles. The molecule has 170 valence electrons. The Balaban J connectivity index is 1.92. The van der Waals surface area contributed by atoms with Crippen molar-refractivity contribution in [2.75, 3.05) is 18.6 Å². The smallest absolute Gasteiger partial charge is 0.345 e. The Morgan fingerprint density at radius 1 is 1.03 bits per heavy atom. The minimum atomic E-state index is -0.692. The molecule has 0 saturated carbocycles. The van der Waals surface area contributed by atoms with E-state index in [2.05, 4.69) is 9.97 Å². The van der Waals surface area contributed by atoms with Gasteiger partial charge in [0.15, 0.2) is 0 Å². The van der Waals surface area contributed by atoms with Gasteiger partial charge in [0.2, 0.25) is 0 Å². The highest BCUT2D eigenvalue weighted by Gasteiger charge is 2.33. The first kappa shape index (κ1) is 21.4. The molecule has 0 fully saturated rings. The summed E-state index contributed by atoms with van der Waals surface area (Å²) in [5.74, 6) is -0.00269. The van der Waals surface area contributed by atoms with Gasteiger partial charge in [0.05, 0.1) is 36.2 Å². The number of anilines is 2. The van der Waals surface area contributed by atoms with Gasteiger partial charge in [-0.2, -0.15) is 0 Å². The number of aryl methyl sites for hydroxylation is 1. The topological polar surface area (TPSA) is 86.5 Å². The molecule has 0 N–H and O–H groups in total. The van der Waals surface area contributed by atoms with Crippen LogP contribution in [0.1, 0.15) is 28.5 Å². The number of aromatic nitrogens is 3. The Hall–Kier alpha value is -4.46. The maximum Gasteiger partial charge on any atom is 0.345 e. The fourth-order valence-corrected chi connectivity index (χ4v) is 4.22. The second-order valence-electron chi connectivity index (χ2n) is 7.69. The summed E-state index contributed by atoms with van der Waals surface area (Å²) in [6.45, 7) is 1.85. The number of ether oxygens (including phenoxy) is 2. The number of methoxy groups -OCH3 is 1. The summed E-state index contributed by atoms with van der Waals surface area (Å²) in [5, 5.41) is 0.600. The molecule has 1 aliphatic rings. The van der Waals surface area contributed by atoms with E-state index in [1.807, 2.05) is 65.6 Å². The molecule has 1 aliphatic heterocycles. The van der Waals surface area contributed by atoms with E-state index >= 15 is 0 Å². The Bertz CT molecular complexity index is 1490. The first-order valence-electron chi connectivity index (χ1n) is 10.8. The van der Waals surface area contributed by atoms with E-state index in [4.69, 9.17) is 9.47 Å². The molecule has 8 heteroatoms. The molecule has 0 bridgehead atoms. The van der Waals surface area contributed by atoms with Crippen molar-refractivity contribution in [3.63, 3.8) is 0 Å². The maximum atomic E-state index is 13.5. The molecule has 0 atom stereocenters. The van der Waals surface area contributed by atoms with Crippen molar-refractivity contribution in [1.82, 2.24) is 14.5 Å². The first-order chi connectivity index (χ1) is 16.5. The highest BCUT2D eigenvalue weighted by Crippen LogP contribution is 2.45. The van der Waals surface area contributed by atoms with E-state index in [9.17, 15) is 9.59 Å². The summed E-state index contributed by atoms with van der Waals surface area (Å²) in [7, 11) is 3.19. The number of rotatable bonds is 5. The van der Waals surface area contributed by atoms with Crippen molar-refractivity contribution in [1.29, 1.82) is 0 Å². The third kappa shape index (κ3) is 3.31. The van der Waals surface area contributed by atoms with Crippen LogP contribution in [0, 0.1) is 0 Å². The Morgan fingerprint density at radius 3 is 2.44 bits per heavy atom. The number of carbonyl (C=O) groups excluding carboxylic acids is 1. The van der Waals surface area contributed by atoms with Crippen LogP contribution in [0.5, 0.6) is 5.75 Å². The van der Waals surface area contributed by atoms with Crippen molar-refractivity contribution in [3.05, 3.63) is 88.1 Å². The summed E-state index contributed by atoms with van der Waals surface area (Å²) in [5.41, 5.74) is 3.29. The minimum Gasteiger partial charge on any atom is -0.497 e. The van der Waals surface area contributed by atoms with Crippen LogP contribution in [-0.4, -0.2) is 34.2 Å². The van der Waals surface area contributed by atoms with Crippen molar-refractivity contribution < 1.29 is 14.3 Å². The fourth-order valence-electron chi connectivity index (χ4n) is 4.22. The van der Waals surface area contributed by atoms with E-state index in [0.717, 1.165) is 16.9 Å². The molecule has 2 aromatic heterocycles. The highest BCUT2D eigenvalue weighted by atomic mass is 16.5. The van der Waals surface area contributed by atoms with Crippen LogP contribution in [0.25, 0.3) is 22.8 Å². The third-order valence-corrected chi connectivity index (χ3v) is 5.78. The van der Waals surface area contributed by atoms with E-state index < -0.39 is 11.5 Å². The lowest BCUT2D eigenvalue weighted by atomic mass is 9.98. The summed E-state index contributed by atoms with van der Waals surface area (Å²) in [6.07, 6.45) is 3.36. The molecule has 34 heavy (non-hydrogen) atoms. The summed E-state index contributed by atoms with van der Waals surface area (Å²) in [4.78, 5) is 37.4. The minimum absolute atomic E-state index is 0.0646. The molecule has 0 spiro atoms. The molecular weight excluding hydrogens is 432 g/mol. The van der Waals surface area contributed by atoms with E-state index in [1.54, 1.807) is 21.1 Å². The Kier molecular flexibility index (Phi) is 5.33. The van der Waals surface area contributed by atoms with Crippen molar-refractivity contribution in [2.24, 2.45) is 7.05 Å². The Morgan fingerprint density at radius 2 is 1.76 bits per heavy atom. The van der Waals surface area contributed by atoms with Crippen molar-refractivity contribution in [2.45, 2.75) is 6.92 Å². The summed E-state index contributed by atoms with van der Waals surface area (Å²) in [6, 6.07) is 17.2. The Labute approximate surface area is 195 Å². The average molecular weight is 454 g/mol. The molecule has 0 radical (unpaired) electrons. The monoisotopic (exact) mass is 454 g/mol. The summed E-state index contributed by atoms with van der Waals surface area (Å²) < 4.78 is 12.0. The number of pyridine rings is 1. The number of benzene rings is 2. The molecule has 0 unspecified atom stereocenters. The SMILES string of the molecule is CCOC(=O)c1c2c3c(ncnc3n(C)c1=O)C=C(c1ccccc1)N2c1ccc(OC)cc1. The zero-order chi connectivity index (χ0) is 23.8. The van der Waals surface area contributed by atoms with Gasteiger partial charge in [-0.25, -0.2) is 14.8 Å². The van der Waals surface area contributed by atoms with Crippen LogP contribution in [0.3, 0.4) is 0 Å². The third-order valence-electron chi connectivity index (χ3n) is 5.78. The molecule has 3 heterocycles. The zero-order valence-corrected chi connectivity index (χ0v) is 19.0. The predicted octanol–water partition coefficient (Wildman–Crippen LogP) is 4.16. The lowest BCUT2D eigenvalue weighted by Gasteiger charge is -2.33. The van der Waals surface area contributed by atoms with Crippen molar-refractivity contribution >= 4 is 40.2 Å². The second-order valence-corrected chi connectivity index (χ2v) is 7.69. The predicted molar refractivity (Wildman–Crippen MR) is 130 cm³/mol. The molecule has 0 amide bonds. The average Bonchev–Trinajstić information content (AvgIpc) is 2.87. The zero-order valence-electron chi connectivity index (χ0n) is 19.0. The van der Waals surface area contributed by atoms with Gasteiger partial charge in [0.25, 0.3) is 5.56 Å². The van der Waals surface area contributed by atoms with Gasteiger partial charge in [-0.1, -0.05) is 30.3 Å². The van der Waals surface area contributed by atoms with Crippen LogP contribution < -0.4 is 15.2 Å². The first-order valence-corrected chi connectivity index (χ1v) is 10.8. The largest absolute Gasteiger partial charge is 0.497 e. The van der Waals surface area contributed by atoms with Crippen LogP contribution in [0.4, 0.5) is 11.4 Å². The van der Waals surface area contributed by atoms with Crippen LogP contribution in [0.2, 0.25) is 0 Å². The number of carbonyl (C=O) groups is 1. The molecular formula is C26H22N4O4. The number of hydrogen-bond acceptors (Lipinski definition) is 7. The molecule has 8 nitrogen and oxygen atoms in total. The van der Waals surface area contributed by atoms with E-state index in [1.165, 1.54) is 10.9 Å². The fraction of sp³-hybridized carbons (Fsp3) is 0.154.